The number of ketones is 1. The summed E-state index contributed by atoms with van der Waals surface area (Å²) < 4.78 is 0. The Morgan fingerprint density at radius 2 is 2.07 bits per heavy atom. The summed E-state index contributed by atoms with van der Waals surface area (Å²) in [6.07, 6.45) is 7.77. The molecule has 3 heteroatoms. The van der Waals surface area contributed by atoms with Crippen LogP contribution in [0.5, 0.6) is 0 Å². The molecule has 0 aliphatic carbocycles. The zero-order valence-electron chi connectivity index (χ0n) is 9.70. The predicted octanol–water partition coefficient (Wildman–Crippen LogP) is 2.06. The van der Waals surface area contributed by atoms with Crippen LogP contribution in [0.2, 0.25) is 0 Å². The van der Waals surface area contributed by atoms with Gasteiger partial charge >= 0.3 is 0 Å². The average Bonchev–Trinajstić information content (AvgIpc) is 2.48. The fourth-order valence-electron chi connectivity index (χ4n) is 1.94. The Morgan fingerprint density at radius 3 is 2.67 bits per heavy atom. The summed E-state index contributed by atoms with van der Waals surface area (Å²) in [4.78, 5) is 13.4. The van der Waals surface area contributed by atoms with Gasteiger partial charge in [-0.15, -0.1) is 0 Å². The first-order valence-corrected chi connectivity index (χ1v) is 5.87. The van der Waals surface area contributed by atoms with Crippen LogP contribution in [0.1, 0.15) is 46.0 Å². The summed E-state index contributed by atoms with van der Waals surface area (Å²) in [5, 5.41) is 10.3. The number of hydrogen-bond donors (Lipinski definition) is 1. The number of carbonyl (C=O) groups excluding carboxylic acids is 1. The predicted molar refractivity (Wildman–Crippen MR) is 60.2 cm³/mol. The first-order chi connectivity index (χ1) is 7.15. The normalized spacial score (nSPS) is 25.3. The smallest absolute Gasteiger partial charge is 0.209 e. The van der Waals surface area contributed by atoms with Crippen molar-refractivity contribution in [3.05, 3.63) is 12.3 Å². The van der Waals surface area contributed by atoms with Crippen molar-refractivity contribution in [3.63, 3.8) is 0 Å². The second-order valence-corrected chi connectivity index (χ2v) is 4.15. The molecule has 0 amide bonds. The van der Waals surface area contributed by atoms with E-state index in [4.69, 9.17) is 0 Å². The first-order valence-electron chi connectivity index (χ1n) is 5.87. The van der Waals surface area contributed by atoms with E-state index in [1.807, 2.05) is 6.92 Å². The molecule has 0 saturated heterocycles. The van der Waals surface area contributed by atoms with Crippen molar-refractivity contribution in [1.82, 2.24) is 4.90 Å². The lowest BCUT2D eigenvalue weighted by atomic mass is 10.0. The number of unbranched alkanes of at least 4 members (excludes halogenated alkanes) is 2. The number of rotatable bonds is 6. The van der Waals surface area contributed by atoms with Crippen LogP contribution in [0.25, 0.3) is 0 Å². The van der Waals surface area contributed by atoms with Gasteiger partial charge in [0.25, 0.3) is 0 Å². The van der Waals surface area contributed by atoms with Gasteiger partial charge in [0, 0.05) is 25.2 Å². The molecule has 3 nitrogen and oxygen atoms in total. The third kappa shape index (κ3) is 2.59. The van der Waals surface area contributed by atoms with E-state index in [1.54, 1.807) is 11.1 Å². The van der Waals surface area contributed by atoms with Gasteiger partial charge in [-0.3, -0.25) is 4.79 Å². The number of carbonyl (C=O) groups is 1. The maximum Gasteiger partial charge on any atom is 0.209 e. The molecule has 1 aliphatic rings. The van der Waals surface area contributed by atoms with Crippen molar-refractivity contribution in [2.24, 2.45) is 0 Å². The van der Waals surface area contributed by atoms with E-state index >= 15 is 0 Å². The number of aliphatic hydroxyl groups is 1. The second kappa shape index (κ2) is 5.31. The van der Waals surface area contributed by atoms with Crippen molar-refractivity contribution in [1.29, 1.82) is 0 Å². The minimum Gasteiger partial charge on any atom is -0.364 e. The van der Waals surface area contributed by atoms with Crippen molar-refractivity contribution in [2.75, 3.05) is 6.54 Å². The fraction of sp³-hybridized carbons (Fsp3) is 0.750. The van der Waals surface area contributed by atoms with Gasteiger partial charge in [-0.1, -0.05) is 26.7 Å². The van der Waals surface area contributed by atoms with E-state index in [9.17, 15) is 9.90 Å². The van der Waals surface area contributed by atoms with Crippen molar-refractivity contribution >= 4 is 5.78 Å². The summed E-state index contributed by atoms with van der Waals surface area (Å²) in [7, 11) is 0. The second-order valence-electron chi connectivity index (χ2n) is 4.15. The van der Waals surface area contributed by atoms with E-state index < -0.39 is 5.72 Å². The highest BCUT2D eigenvalue weighted by molar-refractivity contribution is 5.98. The van der Waals surface area contributed by atoms with Crippen LogP contribution in [0.3, 0.4) is 0 Å². The molecule has 1 unspecified atom stereocenters. The Morgan fingerprint density at radius 1 is 1.33 bits per heavy atom. The van der Waals surface area contributed by atoms with Gasteiger partial charge in [-0.2, -0.15) is 0 Å². The van der Waals surface area contributed by atoms with Gasteiger partial charge in [0.15, 0.2) is 0 Å². The SMILES string of the molecule is CCCCCC1(O)C(=O)C=CN1CCC. The molecule has 0 aromatic carbocycles. The van der Waals surface area contributed by atoms with Crippen LogP contribution in [-0.2, 0) is 4.79 Å². The molecule has 1 heterocycles. The molecule has 0 saturated carbocycles. The molecular formula is C12H21NO2. The Bertz CT molecular complexity index is 250. The number of nitrogens with zero attached hydrogens (tertiary/aromatic N) is 1. The lowest BCUT2D eigenvalue weighted by Crippen LogP contribution is -2.48. The highest BCUT2D eigenvalue weighted by Crippen LogP contribution is 2.27. The summed E-state index contributed by atoms with van der Waals surface area (Å²) in [6.45, 7) is 4.90. The molecule has 1 atom stereocenters. The third-order valence-electron chi connectivity index (χ3n) is 2.87. The van der Waals surface area contributed by atoms with Gasteiger partial charge < -0.3 is 10.0 Å². The lowest BCUT2D eigenvalue weighted by Gasteiger charge is -2.33. The average molecular weight is 211 g/mol. The standard InChI is InChI=1S/C12H21NO2/c1-3-5-6-8-12(15)11(14)7-10-13(12)9-4-2/h7,10,15H,3-6,8-9H2,1-2H3. The Hall–Kier alpha value is -0.830. The lowest BCUT2D eigenvalue weighted by molar-refractivity contribution is -0.147. The van der Waals surface area contributed by atoms with E-state index in [1.165, 1.54) is 6.08 Å². The Balaban J connectivity index is 2.57. The van der Waals surface area contributed by atoms with Crippen LogP contribution in [0.15, 0.2) is 12.3 Å². The van der Waals surface area contributed by atoms with Gasteiger partial charge in [0.05, 0.1) is 0 Å². The first kappa shape index (κ1) is 12.2. The highest BCUT2D eigenvalue weighted by Gasteiger charge is 2.41. The topological polar surface area (TPSA) is 40.5 Å². The molecule has 0 radical (unpaired) electrons. The van der Waals surface area contributed by atoms with E-state index in [0.717, 1.165) is 32.2 Å². The van der Waals surface area contributed by atoms with Crippen LogP contribution in [0.4, 0.5) is 0 Å². The van der Waals surface area contributed by atoms with E-state index in [0.29, 0.717) is 6.42 Å². The molecule has 1 rings (SSSR count). The molecule has 0 spiro atoms. The minimum absolute atomic E-state index is 0.160. The summed E-state index contributed by atoms with van der Waals surface area (Å²) in [6, 6.07) is 0. The third-order valence-corrected chi connectivity index (χ3v) is 2.87. The molecule has 86 valence electrons. The zero-order chi connectivity index (χ0) is 11.3. The van der Waals surface area contributed by atoms with Gasteiger partial charge in [0.1, 0.15) is 0 Å². The largest absolute Gasteiger partial charge is 0.364 e. The maximum absolute atomic E-state index is 11.6. The maximum atomic E-state index is 11.6. The van der Waals surface area contributed by atoms with Crippen LogP contribution >= 0.6 is 0 Å². The van der Waals surface area contributed by atoms with Crippen LogP contribution in [0, 0.1) is 0 Å². The summed E-state index contributed by atoms with van der Waals surface area (Å²) in [5.74, 6) is -0.160. The minimum atomic E-state index is -1.24. The zero-order valence-corrected chi connectivity index (χ0v) is 9.70. The molecule has 0 aromatic heterocycles. The Kier molecular flexibility index (Phi) is 4.33. The molecule has 0 fully saturated rings. The molecule has 0 aromatic rings. The molecule has 0 bridgehead atoms. The molecule has 1 N–H and O–H groups in total. The molecule has 15 heavy (non-hydrogen) atoms. The summed E-state index contributed by atoms with van der Waals surface area (Å²) >= 11 is 0. The van der Waals surface area contributed by atoms with Gasteiger partial charge in [0.2, 0.25) is 11.5 Å². The number of hydrogen-bond acceptors (Lipinski definition) is 3. The quantitative estimate of drug-likeness (QED) is 0.684. The Labute approximate surface area is 91.8 Å². The van der Waals surface area contributed by atoms with E-state index in [-0.39, 0.29) is 5.78 Å². The molecular weight excluding hydrogens is 190 g/mol. The van der Waals surface area contributed by atoms with E-state index in [2.05, 4.69) is 6.92 Å². The highest BCUT2D eigenvalue weighted by atomic mass is 16.3. The fourth-order valence-corrected chi connectivity index (χ4v) is 1.94. The van der Waals surface area contributed by atoms with Gasteiger partial charge in [-0.05, 0) is 12.8 Å². The molecule has 1 aliphatic heterocycles. The van der Waals surface area contributed by atoms with Gasteiger partial charge in [-0.25, -0.2) is 0 Å². The van der Waals surface area contributed by atoms with Crippen molar-refractivity contribution in [2.45, 2.75) is 51.7 Å². The summed E-state index contributed by atoms with van der Waals surface area (Å²) in [5.41, 5.74) is -1.24. The monoisotopic (exact) mass is 211 g/mol. The van der Waals surface area contributed by atoms with Crippen molar-refractivity contribution in [3.8, 4) is 0 Å². The van der Waals surface area contributed by atoms with Crippen molar-refractivity contribution < 1.29 is 9.90 Å². The van der Waals surface area contributed by atoms with Crippen LogP contribution < -0.4 is 0 Å². The van der Waals surface area contributed by atoms with Crippen LogP contribution in [-0.4, -0.2) is 28.1 Å².